The lowest BCUT2D eigenvalue weighted by Crippen LogP contribution is -2.04. The number of methoxy groups -OCH3 is 1. The second kappa shape index (κ2) is 8.49. The molecule has 0 saturated carbocycles. The molecule has 142 valence electrons. The van der Waals surface area contributed by atoms with E-state index in [-0.39, 0.29) is 5.78 Å². The molecule has 0 atom stereocenters. The molecule has 0 aliphatic carbocycles. The van der Waals surface area contributed by atoms with Crippen LogP contribution < -0.4 is 10.6 Å². The standard InChI is InChI=1S/C20H17ClN4O3/c1-12(26)13-4-3-5-15(10-13)23-20-22-9-8-18(25-20)24-17-11-14(19(27)28-2)6-7-16(17)21/h3-11H,1-2H3,(H2,22,23,24,25). The highest BCUT2D eigenvalue weighted by atomic mass is 35.5. The summed E-state index contributed by atoms with van der Waals surface area (Å²) in [4.78, 5) is 31.8. The quantitative estimate of drug-likeness (QED) is 0.464. The molecule has 0 saturated heterocycles. The summed E-state index contributed by atoms with van der Waals surface area (Å²) in [6, 6.07) is 13.5. The molecular formula is C20H17ClN4O3. The molecule has 7 nitrogen and oxygen atoms in total. The molecule has 0 spiro atoms. The zero-order chi connectivity index (χ0) is 20.1. The van der Waals surface area contributed by atoms with Crippen molar-refractivity contribution in [1.82, 2.24) is 9.97 Å². The lowest BCUT2D eigenvalue weighted by atomic mass is 10.1. The lowest BCUT2D eigenvalue weighted by Gasteiger charge is -2.11. The fourth-order valence-electron chi connectivity index (χ4n) is 2.44. The second-order valence-electron chi connectivity index (χ2n) is 5.84. The van der Waals surface area contributed by atoms with E-state index in [4.69, 9.17) is 16.3 Å². The normalized spacial score (nSPS) is 10.2. The van der Waals surface area contributed by atoms with Gasteiger partial charge in [-0.15, -0.1) is 0 Å². The molecule has 3 rings (SSSR count). The van der Waals surface area contributed by atoms with Gasteiger partial charge in [0.2, 0.25) is 5.95 Å². The van der Waals surface area contributed by atoms with Gasteiger partial charge in [0.1, 0.15) is 5.82 Å². The average Bonchev–Trinajstić information content (AvgIpc) is 2.69. The Kier molecular flexibility index (Phi) is 5.86. The summed E-state index contributed by atoms with van der Waals surface area (Å²) in [5, 5.41) is 6.55. The number of rotatable bonds is 6. The number of nitrogens with zero attached hydrogens (tertiary/aromatic N) is 2. The molecule has 0 aliphatic rings. The second-order valence-corrected chi connectivity index (χ2v) is 6.25. The van der Waals surface area contributed by atoms with Crippen molar-refractivity contribution in [3.8, 4) is 0 Å². The largest absolute Gasteiger partial charge is 0.465 e. The minimum Gasteiger partial charge on any atom is -0.465 e. The van der Waals surface area contributed by atoms with Gasteiger partial charge in [-0.3, -0.25) is 4.79 Å². The third-order valence-corrected chi connectivity index (χ3v) is 4.16. The smallest absolute Gasteiger partial charge is 0.337 e. The number of benzene rings is 2. The molecule has 2 aromatic carbocycles. The van der Waals surface area contributed by atoms with Gasteiger partial charge in [-0.2, -0.15) is 4.98 Å². The first-order valence-corrected chi connectivity index (χ1v) is 8.70. The zero-order valence-corrected chi connectivity index (χ0v) is 15.9. The van der Waals surface area contributed by atoms with Crippen LogP contribution in [0.25, 0.3) is 0 Å². The van der Waals surface area contributed by atoms with Crippen molar-refractivity contribution in [2.75, 3.05) is 17.7 Å². The highest BCUT2D eigenvalue weighted by molar-refractivity contribution is 6.33. The molecule has 0 bridgehead atoms. The molecular weight excluding hydrogens is 380 g/mol. The van der Waals surface area contributed by atoms with Crippen LogP contribution in [0.3, 0.4) is 0 Å². The number of anilines is 4. The number of hydrogen-bond acceptors (Lipinski definition) is 7. The van der Waals surface area contributed by atoms with Crippen LogP contribution in [0.5, 0.6) is 0 Å². The number of carbonyl (C=O) groups excluding carboxylic acids is 2. The summed E-state index contributed by atoms with van der Waals surface area (Å²) in [5.41, 5.74) is 2.15. The van der Waals surface area contributed by atoms with E-state index in [1.165, 1.54) is 14.0 Å². The monoisotopic (exact) mass is 396 g/mol. The molecule has 8 heteroatoms. The van der Waals surface area contributed by atoms with Gasteiger partial charge in [0.25, 0.3) is 0 Å². The van der Waals surface area contributed by atoms with Gasteiger partial charge in [-0.1, -0.05) is 23.7 Å². The Morgan fingerprint density at radius 3 is 2.61 bits per heavy atom. The van der Waals surface area contributed by atoms with Gasteiger partial charge in [0, 0.05) is 17.4 Å². The predicted molar refractivity (Wildman–Crippen MR) is 108 cm³/mol. The Morgan fingerprint density at radius 2 is 1.86 bits per heavy atom. The number of hydrogen-bond donors (Lipinski definition) is 2. The topological polar surface area (TPSA) is 93.2 Å². The number of Topliss-reactive ketones (excluding diaryl/α,β-unsaturated/α-hetero) is 1. The van der Waals surface area contributed by atoms with Crippen LogP contribution in [0.1, 0.15) is 27.6 Å². The average molecular weight is 397 g/mol. The number of ether oxygens (including phenoxy) is 1. The first kappa shape index (κ1) is 19.3. The highest BCUT2D eigenvalue weighted by Gasteiger charge is 2.10. The van der Waals surface area contributed by atoms with Gasteiger partial charge < -0.3 is 15.4 Å². The fourth-order valence-corrected chi connectivity index (χ4v) is 2.60. The van der Waals surface area contributed by atoms with Gasteiger partial charge in [0.15, 0.2) is 5.78 Å². The molecule has 28 heavy (non-hydrogen) atoms. The maximum Gasteiger partial charge on any atom is 0.337 e. The van der Waals surface area contributed by atoms with Crippen molar-refractivity contribution in [3.05, 3.63) is 70.9 Å². The molecule has 0 aliphatic heterocycles. The van der Waals surface area contributed by atoms with Crippen molar-refractivity contribution in [1.29, 1.82) is 0 Å². The third-order valence-electron chi connectivity index (χ3n) is 3.83. The summed E-state index contributed by atoms with van der Waals surface area (Å²) in [6.45, 7) is 1.51. The minimum absolute atomic E-state index is 0.0277. The van der Waals surface area contributed by atoms with E-state index in [0.717, 1.165) is 0 Å². The van der Waals surface area contributed by atoms with Crippen molar-refractivity contribution in [2.24, 2.45) is 0 Å². The number of halogens is 1. The first-order chi connectivity index (χ1) is 13.5. The SMILES string of the molecule is COC(=O)c1ccc(Cl)c(Nc2ccnc(Nc3cccc(C(C)=O)c3)n2)c1. The summed E-state index contributed by atoms with van der Waals surface area (Å²) in [7, 11) is 1.31. The predicted octanol–water partition coefficient (Wildman–Crippen LogP) is 4.61. The minimum atomic E-state index is -0.463. The maximum atomic E-state index is 11.7. The Balaban J connectivity index is 1.81. The van der Waals surface area contributed by atoms with Crippen LogP contribution in [0, 0.1) is 0 Å². The Morgan fingerprint density at radius 1 is 1.04 bits per heavy atom. The maximum absolute atomic E-state index is 11.7. The summed E-state index contributed by atoms with van der Waals surface area (Å²) >= 11 is 6.21. The van der Waals surface area contributed by atoms with Crippen LogP contribution in [-0.4, -0.2) is 28.8 Å². The van der Waals surface area contributed by atoms with E-state index < -0.39 is 5.97 Å². The van der Waals surface area contributed by atoms with Crippen molar-refractivity contribution >= 4 is 46.5 Å². The van der Waals surface area contributed by atoms with Crippen LogP contribution in [0.4, 0.5) is 23.1 Å². The van der Waals surface area contributed by atoms with E-state index in [9.17, 15) is 9.59 Å². The number of esters is 1. The molecule has 0 unspecified atom stereocenters. The summed E-state index contributed by atoms with van der Waals surface area (Å²) in [6.07, 6.45) is 1.57. The Hall–Kier alpha value is -3.45. The first-order valence-electron chi connectivity index (χ1n) is 8.32. The van der Waals surface area contributed by atoms with Gasteiger partial charge in [-0.25, -0.2) is 9.78 Å². The number of ketones is 1. The summed E-state index contributed by atoms with van der Waals surface area (Å²) in [5.74, 6) is 0.324. The molecule has 0 fully saturated rings. The van der Waals surface area contributed by atoms with E-state index >= 15 is 0 Å². The zero-order valence-electron chi connectivity index (χ0n) is 15.2. The van der Waals surface area contributed by atoms with Crippen LogP contribution >= 0.6 is 11.6 Å². The highest BCUT2D eigenvalue weighted by Crippen LogP contribution is 2.26. The Labute approximate surface area is 166 Å². The van der Waals surface area contributed by atoms with E-state index in [0.29, 0.717) is 39.3 Å². The molecule has 1 heterocycles. The number of aromatic nitrogens is 2. The summed E-state index contributed by atoms with van der Waals surface area (Å²) < 4.78 is 4.72. The third kappa shape index (κ3) is 4.63. The van der Waals surface area contributed by atoms with Gasteiger partial charge in [-0.05, 0) is 43.3 Å². The lowest BCUT2D eigenvalue weighted by molar-refractivity contribution is 0.0600. The van der Waals surface area contributed by atoms with E-state index in [1.54, 1.807) is 48.7 Å². The van der Waals surface area contributed by atoms with Gasteiger partial charge >= 0.3 is 5.97 Å². The van der Waals surface area contributed by atoms with E-state index in [2.05, 4.69) is 20.6 Å². The fraction of sp³-hybridized carbons (Fsp3) is 0.100. The van der Waals surface area contributed by atoms with Crippen LogP contribution in [-0.2, 0) is 4.74 Å². The van der Waals surface area contributed by atoms with Crippen molar-refractivity contribution in [3.63, 3.8) is 0 Å². The van der Waals surface area contributed by atoms with Crippen LogP contribution in [0.15, 0.2) is 54.7 Å². The van der Waals surface area contributed by atoms with Crippen molar-refractivity contribution < 1.29 is 14.3 Å². The molecule has 3 aromatic rings. The van der Waals surface area contributed by atoms with Crippen LogP contribution in [0.2, 0.25) is 5.02 Å². The number of nitrogens with one attached hydrogen (secondary N) is 2. The molecule has 1 aromatic heterocycles. The molecule has 0 amide bonds. The molecule has 0 radical (unpaired) electrons. The van der Waals surface area contributed by atoms with Crippen molar-refractivity contribution in [2.45, 2.75) is 6.92 Å². The molecule has 2 N–H and O–H groups in total. The van der Waals surface area contributed by atoms with E-state index in [1.807, 2.05) is 6.07 Å². The number of carbonyl (C=O) groups is 2. The Bertz CT molecular complexity index is 1040. The van der Waals surface area contributed by atoms with Gasteiger partial charge in [0.05, 0.1) is 23.4 Å².